The van der Waals surface area contributed by atoms with E-state index < -0.39 is 0 Å². The van der Waals surface area contributed by atoms with Crippen LogP contribution in [0.4, 0.5) is 0 Å². The van der Waals surface area contributed by atoms with Crippen molar-refractivity contribution in [2.75, 3.05) is 0 Å². The average Bonchev–Trinajstić information content (AvgIpc) is 2.83. The van der Waals surface area contributed by atoms with Gasteiger partial charge in [-0.2, -0.15) is 0 Å². The Bertz CT molecular complexity index is 410. The average molecular weight is 287 g/mol. The fourth-order valence-electron chi connectivity index (χ4n) is 7.52. The third-order valence-corrected chi connectivity index (χ3v) is 8.57. The molecule has 4 saturated carbocycles. The fraction of sp³-hybridized carbons (Fsp3) is 0.905. The molecule has 0 nitrogen and oxygen atoms in total. The Hall–Kier alpha value is -0.260. The first kappa shape index (κ1) is 14.3. The summed E-state index contributed by atoms with van der Waals surface area (Å²) in [7, 11) is 0. The van der Waals surface area contributed by atoms with Crippen LogP contribution in [0.1, 0.15) is 71.6 Å². The van der Waals surface area contributed by atoms with Gasteiger partial charge in [0.05, 0.1) is 0 Å². The SMILES string of the molecule is C=CC1CCC2C3CCC4CC(C)CCC4C3CCC12C. The van der Waals surface area contributed by atoms with Crippen LogP contribution in [0.15, 0.2) is 12.7 Å². The van der Waals surface area contributed by atoms with Gasteiger partial charge in [0, 0.05) is 0 Å². The minimum absolute atomic E-state index is 0.609. The Morgan fingerprint density at radius 2 is 1.71 bits per heavy atom. The molecule has 0 heterocycles. The van der Waals surface area contributed by atoms with Crippen molar-refractivity contribution >= 4 is 0 Å². The van der Waals surface area contributed by atoms with Gasteiger partial charge in [-0.25, -0.2) is 0 Å². The molecule has 0 amide bonds. The predicted octanol–water partition coefficient (Wildman–Crippen LogP) is 6.08. The molecule has 0 N–H and O–H groups in total. The summed E-state index contributed by atoms with van der Waals surface area (Å²) in [4.78, 5) is 0. The second-order valence-electron chi connectivity index (χ2n) is 9.32. The van der Waals surface area contributed by atoms with Crippen LogP contribution in [0.25, 0.3) is 0 Å². The molecule has 0 bridgehead atoms. The zero-order valence-electron chi connectivity index (χ0n) is 14.2. The summed E-state index contributed by atoms with van der Waals surface area (Å²) in [5, 5.41) is 0. The largest absolute Gasteiger partial charge is 0.103 e. The maximum atomic E-state index is 4.16. The lowest BCUT2D eigenvalue weighted by atomic mass is 9.49. The van der Waals surface area contributed by atoms with Crippen LogP contribution in [-0.2, 0) is 0 Å². The number of allylic oxidation sites excluding steroid dienone is 1. The highest BCUT2D eigenvalue weighted by molar-refractivity contribution is 5.09. The summed E-state index contributed by atoms with van der Waals surface area (Å²) in [6.45, 7) is 9.26. The molecule has 8 atom stereocenters. The standard InChI is InChI=1S/C21H34/c1-4-16-7-10-20-19-9-6-15-13-14(2)5-8-17(15)18(19)11-12-21(16,20)3/h4,14-20H,1,5-13H2,2-3H3. The van der Waals surface area contributed by atoms with E-state index in [1.807, 2.05) is 0 Å². The van der Waals surface area contributed by atoms with E-state index in [4.69, 9.17) is 0 Å². The number of fused-ring (bicyclic) bond motifs is 5. The molecular weight excluding hydrogens is 252 g/mol. The van der Waals surface area contributed by atoms with Crippen molar-refractivity contribution in [3.05, 3.63) is 12.7 Å². The first-order valence-electron chi connectivity index (χ1n) is 9.76. The molecule has 4 aliphatic carbocycles. The summed E-state index contributed by atoms with van der Waals surface area (Å²) in [6.07, 6.45) is 16.0. The van der Waals surface area contributed by atoms with Crippen molar-refractivity contribution in [1.82, 2.24) is 0 Å². The molecule has 118 valence electrons. The summed E-state index contributed by atoms with van der Waals surface area (Å²) >= 11 is 0. The van der Waals surface area contributed by atoms with Gasteiger partial charge in [0.15, 0.2) is 0 Å². The molecule has 4 fully saturated rings. The van der Waals surface area contributed by atoms with Crippen LogP contribution in [0, 0.1) is 46.8 Å². The van der Waals surface area contributed by atoms with Gasteiger partial charge in [0.2, 0.25) is 0 Å². The van der Waals surface area contributed by atoms with Crippen molar-refractivity contribution in [2.24, 2.45) is 46.8 Å². The van der Waals surface area contributed by atoms with E-state index in [2.05, 4.69) is 26.5 Å². The molecule has 0 radical (unpaired) electrons. The zero-order chi connectivity index (χ0) is 14.6. The van der Waals surface area contributed by atoms with Crippen LogP contribution >= 0.6 is 0 Å². The first-order chi connectivity index (χ1) is 10.1. The monoisotopic (exact) mass is 286 g/mol. The number of rotatable bonds is 1. The predicted molar refractivity (Wildman–Crippen MR) is 90.0 cm³/mol. The summed E-state index contributed by atoms with van der Waals surface area (Å²) in [5.74, 6) is 7.21. The molecule has 0 spiro atoms. The molecule has 0 heteroatoms. The molecule has 0 aromatic carbocycles. The van der Waals surface area contributed by atoms with E-state index in [0.717, 1.165) is 41.4 Å². The van der Waals surface area contributed by atoms with Crippen molar-refractivity contribution in [3.8, 4) is 0 Å². The summed E-state index contributed by atoms with van der Waals surface area (Å²) in [6, 6.07) is 0. The van der Waals surface area contributed by atoms with Gasteiger partial charge in [-0.15, -0.1) is 6.58 Å². The van der Waals surface area contributed by atoms with Gasteiger partial charge in [0.1, 0.15) is 0 Å². The van der Waals surface area contributed by atoms with Crippen LogP contribution in [0.2, 0.25) is 0 Å². The van der Waals surface area contributed by atoms with Crippen molar-refractivity contribution in [3.63, 3.8) is 0 Å². The van der Waals surface area contributed by atoms with Crippen LogP contribution in [0.3, 0.4) is 0 Å². The van der Waals surface area contributed by atoms with Crippen LogP contribution < -0.4 is 0 Å². The second kappa shape index (κ2) is 5.14. The van der Waals surface area contributed by atoms with Crippen LogP contribution in [0.5, 0.6) is 0 Å². The highest BCUT2D eigenvalue weighted by Crippen LogP contribution is 2.64. The number of hydrogen-bond acceptors (Lipinski definition) is 0. The molecule has 8 unspecified atom stereocenters. The van der Waals surface area contributed by atoms with Crippen molar-refractivity contribution in [1.29, 1.82) is 0 Å². The normalized spacial score (nSPS) is 56.2. The van der Waals surface area contributed by atoms with Gasteiger partial charge in [-0.3, -0.25) is 0 Å². The maximum absolute atomic E-state index is 4.16. The van der Waals surface area contributed by atoms with Crippen LogP contribution in [-0.4, -0.2) is 0 Å². The van der Waals surface area contributed by atoms with Crippen molar-refractivity contribution in [2.45, 2.75) is 71.6 Å². The topological polar surface area (TPSA) is 0 Å². The molecule has 4 rings (SSSR count). The molecule has 0 aliphatic heterocycles. The lowest BCUT2D eigenvalue weighted by Gasteiger charge is -2.56. The van der Waals surface area contributed by atoms with Gasteiger partial charge in [0.25, 0.3) is 0 Å². The smallest absolute Gasteiger partial charge is 0.0179 e. The maximum Gasteiger partial charge on any atom is -0.0179 e. The zero-order valence-corrected chi connectivity index (χ0v) is 14.2. The molecule has 4 aliphatic rings. The van der Waals surface area contributed by atoms with E-state index in [-0.39, 0.29) is 0 Å². The second-order valence-corrected chi connectivity index (χ2v) is 9.32. The van der Waals surface area contributed by atoms with E-state index in [0.29, 0.717) is 5.41 Å². The van der Waals surface area contributed by atoms with Crippen molar-refractivity contribution < 1.29 is 0 Å². The van der Waals surface area contributed by atoms with E-state index in [1.54, 1.807) is 25.7 Å². The highest BCUT2D eigenvalue weighted by atomic mass is 14.6. The summed E-state index contributed by atoms with van der Waals surface area (Å²) < 4.78 is 0. The summed E-state index contributed by atoms with van der Waals surface area (Å²) in [5.41, 5.74) is 0.609. The Kier molecular flexibility index (Phi) is 3.51. The molecule has 0 saturated heterocycles. The lowest BCUT2D eigenvalue weighted by molar-refractivity contribution is -0.0623. The van der Waals surface area contributed by atoms with Gasteiger partial charge in [-0.05, 0) is 98.2 Å². The van der Waals surface area contributed by atoms with E-state index in [1.165, 1.54) is 32.1 Å². The highest BCUT2D eigenvalue weighted by Gasteiger charge is 2.56. The van der Waals surface area contributed by atoms with Gasteiger partial charge >= 0.3 is 0 Å². The molecule has 0 aromatic rings. The number of hydrogen-bond donors (Lipinski definition) is 0. The first-order valence-corrected chi connectivity index (χ1v) is 9.76. The molecular formula is C21H34. The van der Waals surface area contributed by atoms with E-state index >= 15 is 0 Å². The van der Waals surface area contributed by atoms with Gasteiger partial charge in [-0.1, -0.05) is 26.3 Å². The minimum atomic E-state index is 0.609. The third kappa shape index (κ3) is 2.07. The van der Waals surface area contributed by atoms with Gasteiger partial charge < -0.3 is 0 Å². The molecule has 0 aromatic heterocycles. The third-order valence-electron chi connectivity index (χ3n) is 8.57. The van der Waals surface area contributed by atoms with E-state index in [9.17, 15) is 0 Å². The minimum Gasteiger partial charge on any atom is -0.103 e. The Balaban J connectivity index is 1.56. The fourth-order valence-corrected chi connectivity index (χ4v) is 7.52. The Morgan fingerprint density at radius 3 is 2.52 bits per heavy atom. The Labute approximate surface area is 131 Å². The molecule has 21 heavy (non-hydrogen) atoms. The quantitative estimate of drug-likeness (QED) is 0.513. The lowest BCUT2D eigenvalue weighted by Crippen LogP contribution is -2.48. The Morgan fingerprint density at radius 1 is 0.905 bits per heavy atom.